The van der Waals surface area contributed by atoms with Gasteiger partial charge in [-0.3, -0.25) is 24.1 Å². The average molecular weight is 421 g/mol. The number of hydrogen-bond acceptors (Lipinski definition) is 5. The lowest BCUT2D eigenvalue weighted by Gasteiger charge is -2.31. The van der Waals surface area contributed by atoms with Gasteiger partial charge in [0.25, 0.3) is 5.91 Å². The summed E-state index contributed by atoms with van der Waals surface area (Å²) in [7, 11) is 0. The highest BCUT2D eigenvalue weighted by atomic mass is 16.5. The van der Waals surface area contributed by atoms with Crippen molar-refractivity contribution < 1.29 is 23.9 Å². The fourth-order valence-electron chi connectivity index (χ4n) is 3.81. The molecule has 4 rings (SSSR count). The van der Waals surface area contributed by atoms with E-state index in [1.54, 1.807) is 29.2 Å². The first-order chi connectivity index (χ1) is 14.8. The minimum atomic E-state index is -1.09. The minimum absolute atomic E-state index is 0.0303. The monoisotopic (exact) mass is 421 g/mol. The second kappa shape index (κ2) is 8.22. The fraction of sp³-hybridized carbons (Fsp3) is 0.304. The molecule has 0 aromatic heterocycles. The third-order valence-corrected chi connectivity index (χ3v) is 5.48. The summed E-state index contributed by atoms with van der Waals surface area (Å²) < 4.78 is 5.41. The molecule has 0 bridgehead atoms. The van der Waals surface area contributed by atoms with Crippen molar-refractivity contribution in [3.05, 3.63) is 54.1 Å². The maximum atomic E-state index is 12.9. The summed E-state index contributed by atoms with van der Waals surface area (Å²) >= 11 is 0. The largest absolute Gasteiger partial charge is 0.452 e. The molecule has 0 radical (unpaired) electrons. The van der Waals surface area contributed by atoms with E-state index in [1.165, 1.54) is 11.8 Å². The third kappa shape index (κ3) is 4.14. The highest BCUT2D eigenvalue weighted by Crippen LogP contribution is 2.30. The molecule has 0 unspecified atom stereocenters. The van der Waals surface area contributed by atoms with Crippen LogP contribution in [0.25, 0.3) is 0 Å². The molecule has 1 N–H and O–H groups in total. The minimum Gasteiger partial charge on any atom is -0.452 e. The Morgan fingerprint density at radius 1 is 1.10 bits per heavy atom. The quantitative estimate of drug-likeness (QED) is 0.764. The van der Waals surface area contributed by atoms with E-state index in [2.05, 4.69) is 5.32 Å². The van der Waals surface area contributed by atoms with Gasteiger partial charge in [-0.25, -0.2) is 0 Å². The number of rotatable bonds is 4. The van der Waals surface area contributed by atoms with Gasteiger partial charge in [-0.2, -0.15) is 0 Å². The van der Waals surface area contributed by atoms with Gasteiger partial charge in [0.1, 0.15) is 6.54 Å². The van der Waals surface area contributed by atoms with Crippen LogP contribution in [0.2, 0.25) is 0 Å². The van der Waals surface area contributed by atoms with Gasteiger partial charge in [0, 0.05) is 18.7 Å². The Hall–Kier alpha value is -3.68. The summed E-state index contributed by atoms with van der Waals surface area (Å²) in [5.74, 6) is -2.22. The molecule has 2 aliphatic heterocycles. The number of nitrogens with zero attached hydrogens (tertiary/aromatic N) is 2. The first kappa shape index (κ1) is 20.6. The molecule has 2 atom stereocenters. The summed E-state index contributed by atoms with van der Waals surface area (Å²) in [4.78, 5) is 52.9. The van der Waals surface area contributed by atoms with Gasteiger partial charge in [0.15, 0.2) is 6.10 Å². The number of fused-ring (bicyclic) bond motifs is 1. The Bertz CT molecular complexity index is 1050. The first-order valence-electron chi connectivity index (χ1n) is 10.1. The van der Waals surface area contributed by atoms with E-state index in [4.69, 9.17) is 4.74 Å². The number of ether oxygens (including phenoxy) is 1. The number of para-hydroxylation sites is 2. The van der Waals surface area contributed by atoms with Gasteiger partial charge >= 0.3 is 5.97 Å². The number of carbonyl (C=O) groups excluding carboxylic acids is 4. The van der Waals surface area contributed by atoms with Crippen molar-refractivity contribution in [1.29, 1.82) is 0 Å². The maximum absolute atomic E-state index is 12.9. The lowest BCUT2D eigenvalue weighted by Crippen LogP contribution is -2.47. The number of amides is 3. The standard InChI is InChI=1S/C23H23N3O5/c1-14-7-9-17(10-8-14)25-12-16(11-21(25)28)23(30)31-15(2)22(29)26-13-20(27)24-18-5-3-4-6-19(18)26/h3-10,15-16H,11-13H2,1-2H3,(H,24,27)/t15-,16-/m1/s1. The molecule has 8 heteroatoms. The van der Waals surface area contributed by atoms with Crippen LogP contribution in [0.5, 0.6) is 0 Å². The van der Waals surface area contributed by atoms with Crippen LogP contribution in [0.15, 0.2) is 48.5 Å². The van der Waals surface area contributed by atoms with Crippen molar-refractivity contribution in [2.75, 3.05) is 28.2 Å². The van der Waals surface area contributed by atoms with Gasteiger partial charge in [-0.15, -0.1) is 0 Å². The molecule has 0 spiro atoms. The van der Waals surface area contributed by atoms with Crippen LogP contribution in [-0.2, 0) is 23.9 Å². The van der Waals surface area contributed by atoms with Gasteiger partial charge in [-0.1, -0.05) is 29.8 Å². The van der Waals surface area contributed by atoms with Crippen LogP contribution in [-0.4, -0.2) is 42.9 Å². The van der Waals surface area contributed by atoms with Crippen molar-refractivity contribution in [3.8, 4) is 0 Å². The van der Waals surface area contributed by atoms with Crippen molar-refractivity contribution >= 4 is 40.8 Å². The molecule has 3 amide bonds. The number of aryl methyl sites for hydroxylation is 1. The highest BCUT2D eigenvalue weighted by Gasteiger charge is 2.38. The van der Waals surface area contributed by atoms with E-state index in [0.717, 1.165) is 11.3 Å². The van der Waals surface area contributed by atoms with Crippen molar-refractivity contribution in [2.24, 2.45) is 5.92 Å². The van der Waals surface area contributed by atoms with E-state index >= 15 is 0 Å². The van der Waals surface area contributed by atoms with Crippen molar-refractivity contribution in [3.63, 3.8) is 0 Å². The van der Waals surface area contributed by atoms with Crippen LogP contribution in [0.3, 0.4) is 0 Å². The number of carbonyl (C=O) groups is 4. The molecule has 160 valence electrons. The van der Waals surface area contributed by atoms with E-state index in [9.17, 15) is 19.2 Å². The number of anilines is 3. The molecule has 2 aromatic carbocycles. The van der Waals surface area contributed by atoms with Crippen LogP contribution in [0, 0.1) is 12.8 Å². The lowest BCUT2D eigenvalue weighted by atomic mass is 10.1. The smallest absolute Gasteiger partial charge is 0.312 e. The molecule has 0 aliphatic carbocycles. The van der Waals surface area contributed by atoms with Crippen LogP contribution < -0.4 is 15.1 Å². The molecular weight excluding hydrogens is 398 g/mol. The number of nitrogens with one attached hydrogen (secondary N) is 1. The molecule has 2 aromatic rings. The Balaban J connectivity index is 1.42. The second-order valence-corrected chi connectivity index (χ2v) is 7.81. The SMILES string of the molecule is Cc1ccc(N2C[C@H](C(=O)O[C@H](C)C(=O)N3CC(=O)Nc4ccccc43)CC2=O)cc1. The zero-order valence-corrected chi connectivity index (χ0v) is 17.3. The van der Waals surface area contributed by atoms with Crippen LogP contribution >= 0.6 is 0 Å². The molecule has 1 saturated heterocycles. The van der Waals surface area contributed by atoms with Gasteiger partial charge in [-0.05, 0) is 38.1 Å². The van der Waals surface area contributed by atoms with Gasteiger partial charge in [0.05, 0.1) is 17.3 Å². The Morgan fingerprint density at radius 3 is 2.55 bits per heavy atom. The van der Waals surface area contributed by atoms with E-state index < -0.39 is 23.9 Å². The molecule has 8 nitrogen and oxygen atoms in total. The van der Waals surface area contributed by atoms with E-state index in [0.29, 0.717) is 11.4 Å². The van der Waals surface area contributed by atoms with Gasteiger partial charge < -0.3 is 15.0 Å². The maximum Gasteiger partial charge on any atom is 0.312 e. The third-order valence-electron chi connectivity index (χ3n) is 5.48. The second-order valence-electron chi connectivity index (χ2n) is 7.81. The summed E-state index contributed by atoms with van der Waals surface area (Å²) in [6.07, 6.45) is -1.06. The zero-order chi connectivity index (χ0) is 22.1. The predicted octanol–water partition coefficient (Wildman–Crippen LogP) is 2.26. The summed E-state index contributed by atoms with van der Waals surface area (Å²) in [6, 6.07) is 14.4. The zero-order valence-electron chi connectivity index (χ0n) is 17.3. The Kier molecular flexibility index (Phi) is 5.46. The van der Waals surface area contributed by atoms with E-state index in [-0.39, 0.29) is 31.3 Å². The summed E-state index contributed by atoms with van der Waals surface area (Å²) in [5.41, 5.74) is 2.88. The first-order valence-corrected chi connectivity index (χ1v) is 10.1. The molecule has 0 saturated carbocycles. The Labute approximate surface area is 179 Å². The number of hydrogen-bond donors (Lipinski definition) is 1. The number of esters is 1. The highest BCUT2D eigenvalue weighted by molar-refractivity contribution is 6.11. The van der Waals surface area contributed by atoms with Crippen LogP contribution in [0.4, 0.5) is 17.1 Å². The van der Waals surface area contributed by atoms with Crippen molar-refractivity contribution in [2.45, 2.75) is 26.4 Å². The summed E-state index contributed by atoms with van der Waals surface area (Å²) in [6.45, 7) is 3.49. The fourth-order valence-corrected chi connectivity index (χ4v) is 3.81. The normalized spacial score (nSPS) is 19.0. The van der Waals surface area contributed by atoms with E-state index in [1.807, 2.05) is 31.2 Å². The molecule has 1 fully saturated rings. The Morgan fingerprint density at radius 2 is 1.81 bits per heavy atom. The predicted molar refractivity (Wildman–Crippen MR) is 115 cm³/mol. The van der Waals surface area contributed by atoms with Crippen LogP contribution in [0.1, 0.15) is 18.9 Å². The number of benzene rings is 2. The van der Waals surface area contributed by atoms with Gasteiger partial charge in [0.2, 0.25) is 11.8 Å². The topological polar surface area (TPSA) is 96.0 Å². The van der Waals surface area contributed by atoms with Crippen molar-refractivity contribution in [1.82, 2.24) is 0 Å². The molecule has 31 heavy (non-hydrogen) atoms. The molecular formula is C23H23N3O5. The molecule has 2 heterocycles. The molecule has 2 aliphatic rings. The summed E-state index contributed by atoms with van der Waals surface area (Å²) in [5, 5.41) is 2.71. The average Bonchev–Trinajstić information content (AvgIpc) is 3.14. The lowest BCUT2D eigenvalue weighted by molar-refractivity contribution is -0.157.